The first-order valence-corrected chi connectivity index (χ1v) is 4.00. The lowest BCUT2D eigenvalue weighted by atomic mass is 10.1. The quantitative estimate of drug-likeness (QED) is 0.483. The van der Waals surface area contributed by atoms with E-state index in [0.717, 1.165) is 5.56 Å². The third-order valence-corrected chi connectivity index (χ3v) is 1.76. The van der Waals surface area contributed by atoms with Crippen molar-refractivity contribution >= 4 is 5.69 Å². The van der Waals surface area contributed by atoms with Gasteiger partial charge in [-0.2, -0.15) is 0 Å². The fourth-order valence-corrected chi connectivity index (χ4v) is 1.06. The highest BCUT2D eigenvalue weighted by Crippen LogP contribution is 2.10. The fraction of sp³-hybridized carbons (Fsp3) is 0.200. The highest BCUT2D eigenvalue weighted by molar-refractivity contribution is 5.40. The van der Waals surface area contributed by atoms with E-state index in [1.54, 1.807) is 18.2 Å². The molecule has 1 rings (SSSR count). The molecular formula is C10H13NO2. The van der Waals surface area contributed by atoms with Crippen molar-refractivity contribution in [3.05, 3.63) is 42.2 Å². The third-order valence-electron chi connectivity index (χ3n) is 1.76. The van der Waals surface area contributed by atoms with Crippen LogP contribution in [0.2, 0.25) is 0 Å². The van der Waals surface area contributed by atoms with E-state index in [9.17, 15) is 5.11 Å². The predicted octanol–water partition coefficient (Wildman–Crippen LogP) is 1.24. The van der Waals surface area contributed by atoms with Crippen LogP contribution >= 0.6 is 0 Å². The van der Waals surface area contributed by atoms with Gasteiger partial charge in [0.05, 0.1) is 0 Å². The first-order chi connectivity index (χ1) is 6.09. The lowest BCUT2D eigenvalue weighted by molar-refractivity contribution is 0.154. The molecular weight excluding hydrogens is 166 g/mol. The van der Waals surface area contributed by atoms with Gasteiger partial charge in [-0.3, -0.25) is 0 Å². The van der Waals surface area contributed by atoms with Crippen molar-refractivity contribution < 1.29 is 10.2 Å². The van der Waals surface area contributed by atoms with Crippen LogP contribution in [0.4, 0.5) is 5.69 Å². The molecule has 0 amide bonds. The standard InChI is InChI=1S/C10H13NO2/c1-7(12)10(13)6-8-3-2-4-9(11)5-8/h2-5,10,12-13H,1,6,11H2. The van der Waals surface area contributed by atoms with Crippen LogP contribution in [0.5, 0.6) is 0 Å². The summed E-state index contributed by atoms with van der Waals surface area (Å²) in [7, 11) is 0. The zero-order valence-electron chi connectivity index (χ0n) is 7.27. The van der Waals surface area contributed by atoms with E-state index in [1.165, 1.54) is 0 Å². The highest BCUT2D eigenvalue weighted by Gasteiger charge is 2.07. The molecule has 4 N–H and O–H groups in total. The summed E-state index contributed by atoms with van der Waals surface area (Å²) in [5.74, 6) is -0.220. The van der Waals surface area contributed by atoms with Crippen molar-refractivity contribution in [2.75, 3.05) is 5.73 Å². The van der Waals surface area contributed by atoms with Gasteiger partial charge in [-0.1, -0.05) is 18.7 Å². The van der Waals surface area contributed by atoms with E-state index in [1.807, 2.05) is 6.07 Å². The smallest absolute Gasteiger partial charge is 0.114 e. The summed E-state index contributed by atoms with van der Waals surface area (Å²) in [6, 6.07) is 7.16. The van der Waals surface area contributed by atoms with Crippen LogP contribution in [0.1, 0.15) is 5.56 Å². The number of anilines is 1. The highest BCUT2D eigenvalue weighted by atomic mass is 16.3. The lowest BCUT2D eigenvalue weighted by Gasteiger charge is -2.08. The molecule has 0 heterocycles. The van der Waals surface area contributed by atoms with Gasteiger partial charge in [-0.05, 0) is 17.7 Å². The van der Waals surface area contributed by atoms with Gasteiger partial charge in [0, 0.05) is 12.1 Å². The van der Waals surface area contributed by atoms with Crippen molar-refractivity contribution in [3.63, 3.8) is 0 Å². The van der Waals surface area contributed by atoms with E-state index in [0.29, 0.717) is 12.1 Å². The van der Waals surface area contributed by atoms with Crippen LogP contribution < -0.4 is 5.73 Å². The Kier molecular flexibility index (Phi) is 2.93. The molecule has 1 atom stereocenters. The first-order valence-electron chi connectivity index (χ1n) is 4.00. The molecule has 0 aromatic heterocycles. The normalized spacial score (nSPS) is 12.4. The Morgan fingerprint density at radius 3 is 2.77 bits per heavy atom. The topological polar surface area (TPSA) is 66.5 Å². The molecule has 70 valence electrons. The maximum atomic E-state index is 9.28. The summed E-state index contributed by atoms with van der Waals surface area (Å²) in [4.78, 5) is 0. The summed E-state index contributed by atoms with van der Waals surface area (Å²) in [5.41, 5.74) is 7.07. The largest absolute Gasteiger partial charge is 0.510 e. The second-order valence-corrected chi connectivity index (χ2v) is 2.96. The van der Waals surface area contributed by atoms with E-state index < -0.39 is 6.10 Å². The summed E-state index contributed by atoms with van der Waals surface area (Å²) in [6.07, 6.45) is -0.581. The van der Waals surface area contributed by atoms with Gasteiger partial charge in [0.25, 0.3) is 0 Å². The minimum absolute atomic E-state index is 0.220. The van der Waals surface area contributed by atoms with Crippen molar-refractivity contribution in [1.82, 2.24) is 0 Å². The Labute approximate surface area is 77.1 Å². The van der Waals surface area contributed by atoms with E-state index in [-0.39, 0.29) is 5.76 Å². The Morgan fingerprint density at radius 1 is 1.54 bits per heavy atom. The second-order valence-electron chi connectivity index (χ2n) is 2.96. The molecule has 0 bridgehead atoms. The zero-order valence-corrected chi connectivity index (χ0v) is 7.27. The summed E-state index contributed by atoms with van der Waals surface area (Å²) in [5, 5.41) is 18.2. The summed E-state index contributed by atoms with van der Waals surface area (Å²) >= 11 is 0. The molecule has 0 aliphatic heterocycles. The van der Waals surface area contributed by atoms with Gasteiger partial charge in [0.1, 0.15) is 11.9 Å². The van der Waals surface area contributed by atoms with Crippen molar-refractivity contribution in [1.29, 1.82) is 0 Å². The molecule has 0 aliphatic carbocycles. The molecule has 0 aliphatic rings. The van der Waals surface area contributed by atoms with Crippen molar-refractivity contribution in [2.24, 2.45) is 0 Å². The molecule has 0 saturated heterocycles. The van der Waals surface area contributed by atoms with Crippen LogP contribution in [0.3, 0.4) is 0 Å². The summed E-state index contributed by atoms with van der Waals surface area (Å²) in [6.45, 7) is 3.25. The van der Waals surface area contributed by atoms with Gasteiger partial charge in [-0.15, -0.1) is 0 Å². The molecule has 1 aromatic carbocycles. The van der Waals surface area contributed by atoms with Crippen molar-refractivity contribution in [3.8, 4) is 0 Å². The van der Waals surface area contributed by atoms with Gasteiger partial charge in [0.15, 0.2) is 0 Å². The zero-order chi connectivity index (χ0) is 9.84. The first kappa shape index (κ1) is 9.61. The van der Waals surface area contributed by atoms with Gasteiger partial charge in [0.2, 0.25) is 0 Å². The van der Waals surface area contributed by atoms with Gasteiger partial charge >= 0.3 is 0 Å². The summed E-state index contributed by atoms with van der Waals surface area (Å²) < 4.78 is 0. The fourth-order valence-electron chi connectivity index (χ4n) is 1.06. The molecule has 1 unspecified atom stereocenters. The number of rotatable bonds is 3. The maximum Gasteiger partial charge on any atom is 0.114 e. The van der Waals surface area contributed by atoms with Crippen LogP contribution in [0.25, 0.3) is 0 Å². The van der Waals surface area contributed by atoms with Gasteiger partial charge in [-0.25, -0.2) is 0 Å². The average molecular weight is 179 g/mol. The lowest BCUT2D eigenvalue weighted by Crippen LogP contribution is -2.12. The SMILES string of the molecule is C=C(O)C(O)Cc1cccc(N)c1. The van der Waals surface area contributed by atoms with Crippen molar-refractivity contribution in [2.45, 2.75) is 12.5 Å². The Balaban J connectivity index is 2.69. The minimum Gasteiger partial charge on any atom is -0.510 e. The van der Waals surface area contributed by atoms with Crippen LogP contribution in [-0.2, 0) is 6.42 Å². The van der Waals surface area contributed by atoms with E-state index in [2.05, 4.69) is 6.58 Å². The van der Waals surface area contributed by atoms with Gasteiger partial charge < -0.3 is 15.9 Å². The third kappa shape index (κ3) is 2.80. The average Bonchev–Trinajstić information content (AvgIpc) is 2.04. The number of aliphatic hydroxyl groups is 2. The monoisotopic (exact) mass is 179 g/mol. The number of nitrogens with two attached hydrogens (primary N) is 1. The number of benzene rings is 1. The number of aliphatic hydroxyl groups excluding tert-OH is 2. The maximum absolute atomic E-state index is 9.28. The molecule has 3 nitrogen and oxygen atoms in total. The molecule has 0 spiro atoms. The number of nitrogen functional groups attached to an aromatic ring is 1. The molecule has 0 fully saturated rings. The van der Waals surface area contributed by atoms with Crippen LogP contribution in [0, 0.1) is 0 Å². The Hall–Kier alpha value is -1.48. The van der Waals surface area contributed by atoms with E-state index in [4.69, 9.17) is 10.8 Å². The Bertz CT molecular complexity index is 310. The number of hydrogen-bond donors (Lipinski definition) is 3. The molecule has 3 heteroatoms. The molecule has 1 aromatic rings. The van der Waals surface area contributed by atoms with Crippen LogP contribution in [-0.4, -0.2) is 16.3 Å². The predicted molar refractivity (Wildman–Crippen MR) is 52.3 cm³/mol. The second kappa shape index (κ2) is 3.96. The molecule has 0 radical (unpaired) electrons. The molecule has 0 saturated carbocycles. The van der Waals surface area contributed by atoms with Crippen LogP contribution in [0.15, 0.2) is 36.6 Å². The molecule has 13 heavy (non-hydrogen) atoms. The van der Waals surface area contributed by atoms with E-state index >= 15 is 0 Å². The number of hydrogen-bond acceptors (Lipinski definition) is 3. The Morgan fingerprint density at radius 2 is 2.23 bits per heavy atom. The minimum atomic E-state index is -0.915.